The molecule has 0 saturated heterocycles. The average Bonchev–Trinajstić information content (AvgIpc) is 3.20. The number of aromatic nitrogens is 2. The quantitative estimate of drug-likeness (QED) is 0.492. The fraction of sp³-hybridized carbons (Fsp3) is 0.0556. The van der Waals surface area contributed by atoms with E-state index in [2.05, 4.69) is 15.5 Å². The number of carbonyl (C=O) groups is 1. The van der Waals surface area contributed by atoms with Gasteiger partial charge in [0.25, 0.3) is 5.89 Å². The summed E-state index contributed by atoms with van der Waals surface area (Å²) in [6, 6.07) is 15.5. The fourth-order valence-corrected chi connectivity index (χ4v) is 4.01. The summed E-state index contributed by atoms with van der Waals surface area (Å²) in [7, 11) is 0. The van der Waals surface area contributed by atoms with Gasteiger partial charge in [0.05, 0.1) is 16.3 Å². The summed E-state index contributed by atoms with van der Waals surface area (Å²) in [5.74, 6) is -0.0379. The maximum atomic E-state index is 12.3. The van der Waals surface area contributed by atoms with Gasteiger partial charge in [-0.3, -0.25) is 10.1 Å². The van der Waals surface area contributed by atoms with Crippen LogP contribution in [0.15, 0.2) is 52.9 Å². The molecule has 4 aromatic rings. The third kappa shape index (κ3) is 3.58. The molecule has 5 nitrogen and oxygen atoms in total. The average molecular weight is 404 g/mol. The Bertz CT molecular complexity index is 1110. The highest BCUT2D eigenvalue weighted by Crippen LogP contribution is 2.37. The minimum Gasteiger partial charge on any atom is -0.403 e. The summed E-state index contributed by atoms with van der Waals surface area (Å²) < 4.78 is 6.42. The summed E-state index contributed by atoms with van der Waals surface area (Å²) in [4.78, 5) is 12.3. The molecule has 0 fully saturated rings. The van der Waals surface area contributed by atoms with E-state index in [0.717, 1.165) is 16.3 Å². The van der Waals surface area contributed by atoms with Crippen LogP contribution in [0.1, 0.15) is 5.56 Å². The zero-order valence-electron chi connectivity index (χ0n) is 13.2. The Hall–Kier alpha value is -2.41. The molecule has 1 amide bonds. The largest absolute Gasteiger partial charge is 0.403 e. The molecular weight excluding hydrogens is 393 g/mol. The second kappa shape index (κ2) is 7.07. The third-order valence-corrected chi connectivity index (χ3v) is 5.22. The maximum absolute atomic E-state index is 12.3. The summed E-state index contributed by atoms with van der Waals surface area (Å²) >= 11 is 13.2. The molecular formula is C18H11Cl2N3O2S. The van der Waals surface area contributed by atoms with E-state index in [9.17, 15) is 4.79 Å². The van der Waals surface area contributed by atoms with Gasteiger partial charge in [-0.05, 0) is 22.4 Å². The predicted molar refractivity (Wildman–Crippen MR) is 104 cm³/mol. The second-order valence-corrected chi connectivity index (χ2v) is 7.84. The zero-order valence-corrected chi connectivity index (χ0v) is 15.5. The lowest BCUT2D eigenvalue weighted by Gasteiger charge is -2.03. The molecule has 26 heavy (non-hydrogen) atoms. The SMILES string of the molecule is O=C(Cc1ccc2ccccc2c1)Nc1nnc(-c2cc(Cl)sc2Cl)o1. The third-order valence-electron chi connectivity index (χ3n) is 3.74. The molecule has 2 aromatic carbocycles. The number of carbonyl (C=O) groups excluding carboxylic acids is 1. The van der Waals surface area contributed by atoms with Crippen LogP contribution in [-0.4, -0.2) is 16.1 Å². The molecule has 0 spiro atoms. The summed E-state index contributed by atoms with van der Waals surface area (Å²) in [5, 5.41) is 12.5. The molecule has 130 valence electrons. The number of halogens is 2. The molecule has 0 bridgehead atoms. The van der Waals surface area contributed by atoms with Gasteiger partial charge in [-0.25, -0.2) is 0 Å². The number of fused-ring (bicyclic) bond motifs is 1. The molecule has 0 aliphatic carbocycles. The number of nitrogens with zero attached hydrogens (tertiary/aromatic N) is 2. The number of anilines is 1. The lowest BCUT2D eigenvalue weighted by Crippen LogP contribution is -2.14. The van der Waals surface area contributed by atoms with E-state index in [1.807, 2.05) is 42.5 Å². The van der Waals surface area contributed by atoms with E-state index >= 15 is 0 Å². The molecule has 0 aliphatic rings. The van der Waals surface area contributed by atoms with E-state index in [0.29, 0.717) is 14.2 Å². The predicted octanol–water partition coefficient (Wildman–Crippen LogP) is 5.44. The van der Waals surface area contributed by atoms with Crippen molar-refractivity contribution in [2.45, 2.75) is 6.42 Å². The van der Waals surface area contributed by atoms with Gasteiger partial charge in [0.15, 0.2) is 0 Å². The van der Waals surface area contributed by atoms with Crippen LogP contribution in [0, 0.1) is 0 Å². The standard InChI is InChI=1S/C18H11Cl2N3O2S/c19-14-9-13(16(20)26-14)17-22-23-18(25-17)21-15(24)8-10-5-6-11-3-1-2-4-12(11)7-10/h1-7,9H,8H2,(H,21,23,24). The van der Waals surface area contributed by atoms with Crippen molar-refractivity contribution in [3.05, 3.63) is 62.8 Å². The number of hydrogen-bond donors (Lipinski definition) is 1. The van der Waals surface area contributed by atoms with Crippen LogP contribution in [0.2, 0.25) is 8.67 Å². The first-order valence-electron chi connectivity index (χ1n) is 7.65. The smallest absolute Gasteiger partial charge is 0.322 e. The van der Waals surface area contributed by atoms with Crippen LogP contribution in [0.5, 0.6) is 0 Å². The van der Waals surface area contributed by atoms with Crippen LogP contribution in [0.25, 0.3) is 22.2 Å². The monoisotopic (exact) mass is 403 g/mol. The Morgan fingerprint density at radius 3 is 2.65 bits per heavy atom. The van der Waals surface area contributed by atoms with E-state index < -0.39 is 0 Å². The van der Waals surface area contributed by atoms with Crippen molar-refractivity contribution in [1.82, 2.24) is 10.2 Å². The van der Waals surface area contributed by atoms with E-state index in [1.54, 1.807) is 6.07 Å². The van der Waals surface area contributed by atoms with Crippen molar-refractivity contribution in [3.63, 3.8) is 0 Å². The van der Waals surface area contributed by atoms with Crippen LogP contribution < -0.4 is 5.32 Å². The van der Waals surface area contributed by atoms with Gasteiger partial charge in [-0.15, -0.1) is 16.4 Å². The van der Waals surface area contributed by atoms with Crippen LogP contribution in [0.3, 0.4) is 0 Å². The fourth-order valence-electron chi connectivity index (χ4n) is 2.57. The number of thiophene rings is 1. The topological polar surface area (TPSA) is 68.0 Å². The normalized spacial score (nSPS) is 11.0. The zero-order chi connectivity index (χ0) is 18.1. The van der Waals surface area contributed by atoms with Crippen molar-refractivity contribution in [1.29, 1.82) is 0 Å². The molecule has 0 unspecified atom stereocenters. The van der Waals surface area contributed by atoms with Gasteiger partial charge in [0.1, 0.15) is 4.34 Å². The Morgan fingerprint density at radius 2 is 1.88 bits per heavy atom. The first-order chi connectivity index (χ1) is 12.6. The van der Waals surface area contributed by atoms with Gasteiger partial charge in [0.2, 0.25) is 5.91 Å². The molecule has 0 saturated carbocycles. The Morgan fingerprint density at radius 1 is 1.08 bits per heavy atom. The molecule has 0 aliphatic heterocycles. The highest BCUT2D eigenvalue weighted by Gasteiger charge is 2.16. The molecule has 8 heteroatoms. The van der Waals surface area contributed by atoms with E-state index in [4.69, 9.17) is 27.6 Å². The first kappa shape index (κ1) is 17.0. The highest BCUT2D eigenvalue weighted by atomic mass is 35.5. The lowest BCUT2D eigenvalue weighted by atomic mass is 10.1. The number of amides is 1. The molecule has 1 N–H and O–H groups in total. The van der Waals surface area contributed by atoms with E-state index in [-0.39, 0.29) is 24.2 Å². The van der Waals surface area contributed by atoms with Gasteiger partial charge >= 0.3 is 6.01 Å². The maximum Gasteiger partial charge on any atom is 0.322 e. The Balaban J connectivity index is 1.47. The highest BCUT2D eigenvalue weighted by molar-refractivity contribution is 7.20. The van der Waals surface area contributed by atoms with Crippen molar-refractivity contribution in [3.8, 4) is 11.5 Å². The number of hydrogen-bond acceptors (Lipinski definition) is 5. The van der Waals surface area contributed by atoms with Crippen LogP contribution in [-0.2, 0) is 11.2 Å². The number of nitrogens with one attached hydrogen (secondary N) is 1. The second-order valence-electron chi connectivity index (χ2n) is 5.56. The van der Waals surface area contributed by atoms with Gasteiger partial charge in [-0.1, -0.05) is 70.8 Å². The summed E-state index contributed by atoms with van der Waals surface area (Å²) in [6.07, 6.45) is 0.202. The van der Waals surface area contributed by atoms with Crippen molar-refractivity contribution in [2.75, 3.05) is 5.32 Å². The van der Waals surface area contributed by atoms with Crippen LogP contribution in [0.4, 0.5) is 6.01 Å². The van der Waals surface area contributed by atoms with Crippen molar-refractivity contribution < 1.29 is 9.21 Å². The van der Waals surface area contributed by atoms with Gasteiger partial charge in [-0.2, -0.15) is 0 Å². The molecule has 0 atom stereocenters. The number of benzene rings is 2. The van der Waals surface area contributed by atoms with Gasteiger partial charge < -0.3 is 4.42 Å². The first-order valence-corrected chi connectivity index (χ1v) is 9.22. The summed E-state index contributed by atoms with van der Waals surface area (Å²) in [6.45, 7) is 0. The Labute approximate surface area is 162 Å². The molecule has 0 radical (unpaired) electrons. The number of rotatable bonds is 4. The minimum absolute atomic E-state index is 0.0178. The molecule has 2 heterocycles. The molecule has 4 rings (SSSR count). The minimum atomic E-state index is -0.245. The summed E-state index contributed by atoms with van der Waals surface area (Å²) in [5.41, 5.74) is 1.44. The van der Waals surface area contributed by atoms with Crippen LogP contribution >= 0.6 is 34.5 Å². The van der Waals surface area contributed by atoms with Crippen molar-refractivity contribution >= 4 is 57.2 Å². The lowest BCUT2D eigenvalue weighted by molar-refractivity contribution is -0.115. The van der Waals surface area contributed by atoms with Crippen molar-refractivity contribution in [2.24, 2.45) is 0 Å². The Kier molecular flexibility index (Phi) is 4.63. The van der Waals surface area contributed by atoms with E-state index in [1.165, 1.54) is 11.3 Å². The van der Waals surface area contributed by atoms with Gasteiger partial charge in [0, 0.05) is 0 Å². The molecule has 2 aromatic heterocycles.